The SMILES string of the molecule is CC(C)(C)OC(=O)CCC(=O)N1CCc2cc(-c3noc(-c4ccc(Cl)c(S(C)(=O)=O)c4)n3)ccc21. The molecule has 0 aliphatic carbocycles. The Morgan fingerprint density at radius 2 is 1.83 bits per heavy atom. The molecular weight excluding hydrogens is 506 g/mol. The zero-order valence-electron chi connectivity index (χ0n) is 20.4. The van der Waals surface area contributed by atoms with Crippen LogP contribution in [0.3, 0.4) is 0 Å². The molecule has 9 nitrogen and oxygen atoms in total. The summed E-state index contributed by atoms with van der Waals surface area (Å²) in [4.78, 5) is 30.8. The number of nitrogens with zero attached hydrogens (tertiary/aromatic N) is 3. The molecule has 1 aliphatic rings. The molecule has 2 heterocycles. The van der Waals surface area contributed by atoms with Crippen LogP contribution in [0.4, 0.5) is 5.69 Å². The van der Waals surface area contributed by atoms with E-state index in [0.717, 1.165) is 17.5 Å². The molecule has 4 rings (SSSR count). The Labute approximate surface area is 214 Å². The second kappa shape index (κ2) is 9.67. The lowest BCUT2D eigenvalue weighted by Gasteiger charge is -2.20. The third kappa shape index (κ3) is 5.76. The van der Waals surface area contributed by atoms with Crippen molar-refractivity contribution in [3.8, 4) is 22.8 Å². The smallest absolute Gasteiger partial charge is 0.306 e. The van der Waals surface area contributed by atoms with Crippen LogP contribution in [0.2, 0.25) is 5.02 Å². The molecule has 0 saturated carbocycles. The number of sulfone groups is 1. The minimum atomic E-state index is -3.53. The highest BCUT2D eigenvalue weighted by atomic mass is 35.5. The molecule has 1 amide bonds. The van der Waals surface area contributed by atoms with Crippen LogP contribution in [-0.2, 0) is 30.6 Å². The molecular formula is C25H26ClN3O6S. The van der Waals surface area contributed by atoms with Crippen LogP contribution in [0, 0.1) is 0 Å². The van der Waals surface area contributed by atoms with Gasteiger partial charge in [-0.3, -0.25) is 9.59 Å². The summed E-state index contributed by atoms with van der Waals surface area (Å²) in [6.45, 7) is 5.88. The molecule has 190 valence electrons. The van der Waals surface area contributed by atoms with Crippen molar-refractivity contribution >= 4 is 39.0 Å². The molecule has 0 saturated heterocycles. The van der Waals surface area contributed by atoms with Crippen molar-refractivity contribution in [3.63, 3.8) is 0 Å². The molecule has 0 bridgehead atoms. The van der Waals surface area contributed by atoms with Gasteiger partial charge in [0.2, 0.25) is 11.7 Å². The number of hydrogen-bond donors (Lipinski definition) is 0. The van der Waals surface area contributed by atoms with Gasteiger partial charge in [-0.1, -0.05) is 16.8 Å². The van der Waals surface area contributed by atoms with Gasteiger partial charge >= 0.3 is 5.97 Å². The highest BCUT2D eigenvalue weighted by molar-refractivity contribution is 7.90. The molecule has 2 aromatic carbocycles. The molecule has 3 aromatic rings. The fourth-order valence-corrected chi connectivity index (χ4v) is 5.22. The summed E-state index contributed by atoms with van der Waals surface area (Å²) < 4.78 is 34.6. The average Bonchev–Trinajstić information content (AvgIpc) is 3.43. The lowest BCUT2D eigenvalue weighted by molar-refractivity contribution is -0.155. The summed E-state index contributed by atoms with van der Waals surface area (Å²) in [6, 6.07) is 9.99. The summed E-state index contributed by atoms with van der Waals surface area (Å²) in [5.41, 5.74) is 2.28. The van der Waals surface area contributed by atoms with E-state index in [4.69, 9.17) is 20.9 Å². The first-order chi connectivity index (χ1) is 16.8. The van der Waals surface area contributed by atoms with Crippen molar-refractivity contribution in [2.75, 3.05) is 17.7 Å². The van der Waals surface area contributed by atoms with E-state index in [0.29, 0.717) is 29.9 Å². The Morgan fingerprint density at radius 1 is 1.11 bits per heavy atom. The van der Waals surface area contributed by atoms with Gasteiger partial charge in [0.25, 0.3) is 5.89 Å². The highest BCUT2D eigenvalue weighted by Crippen LogP contribution is 2.33. The zero-order valence-corrected chi connectivity index (χ0v) is 21.9. The molecule has 0 unspecified atom stereocenters. The van der Waals surface area contributed by atoms with Crippen LogP contribution in [0.25, 0.3) is 22.8 Å². The van der Waals surface area contributed by atoms with Gasteiger partial charge < -0.3 is 14.2 Å². The predicted molar refractivity (Wildman–Crippen MR) is 134 cm³/mol. The van der Waals surface area contributed by atoms with E-state index in [1.165, 1.54) is 12.1 Å². The van der Waals surface area contributed by atoms with E-state index in [1.54, 1.807) is 37.8 Å². The first-order valence-electron chi connectivity index (χ1n) is 11.3. The van der Waals surface area contributed by atoms with Crippen LogP contribution in [0.1, 0.15) is 39.2 Å². The van der Waals surface area contributed by atoms with Gasteiger partial charge in [0.05, 0.1) is 16.3 Å². The molecule has 0 radical (unpaired) electrons. The van der Waals surface area contributed by atoms with Crippen molar-refractivity contribution in [2.45, 2.75) is 50.5 Å². The topological polar surface area (TPSA) is 120 Å². The fourth-order valence-electron chi connectivity index (χ4n) is 3.91. The number of anilines is 1. The maximum atomic E-state index is 12.7. The predicted octanol–water partition coefficient (Wildman–Crippen LogP) is 4.47. The lowest BCUT2D eigenvalue weighted by atomic mass is 10.1. The number of carbonyl (C=O) groups is 2. The van der Waals surface area contributed by atoms with E-state index in [-0.39, 0.29) is 34.6 Å². The summed E-state index contributed by atoms with van der Waals surface area (Å²) in [5, 5.41) is 4.15. The van der Waals surface area contributed by atoms with Gasteiger partial charge in [-0.25, -0.2) is 8.42 Å². The van der Waals surface area contributed by atoms with Gasteiger partial charge in [0.15, 0.2) is 9.84 Å². The number of fused-ring (bicyclic) bond motifs is 1. The number of benzene rings is 2. The number of rotatable bonds is 6. The molecule has 1 aliphatic heterocycles. The van der Waals surface area contributed by atoms with Crippen LogP contribution < -0.4 is 4.90 Å². The lowest BCUT2D eigenvalue weighted by Crippen LogP contribution is -2.30. The number of esters is 1. The quantitative estimate of drug-likeness (QED) is 0.427. The second-order valence-corrected chi connectivity index (χ2v) is 12.0. The standard InChI is InChI=1S/C25H26ClN3O6S/c1-25(2,3)34-22(31)10-9-21(30)29-12-11-15-13-16(6-8-19(15)29)23-27-24(35-28-23)17-5-7-18(26)20(14-17)36(4,32)33/h5-8,13-14H,9-12H2,1-4H3. The van der Waals surface area contributed by atoms with Crippen molar-refractivity contribution in [1.82, 2.24) is 10.1 Å². The first-order valence-corrected chi connectivity index (χ1v) is 13.6. The van der Waals surface area contributed by atoms with Crippen LogP contribution >= 0.6 is 11.6 Å². The first kappa shape index (κ1) is 25.8. The van der Waals surface area contributed by atoms with Gasteiger partial charge in [-0.2, -0.15) is 4.98 Å². The number of aromatic nitrogens is 2. The number of carbonyl (C=O) groups excluding carboxylic acids is 2. The molecule has 1 aromatic heterocycles. The van der Waals surface area contributed by atoms with Crippen LogP contribution in [-0.4, -0.2) is 48.8 Å². The van der Waals surface area contributed by atoms with E-state index in [2.05, 4.69) is 10.1 Å². The number of amides is 1. The normalized spacial score (nSPS) is 13.5. The Bertz CT molecular complexity index is 1440. The molecule has 0 atom stereocenters. The fraction of sp³-hybridized carbons (Fsp3) is 0.360. The maximum absolute atomic E-state index is 12.7. The van der Waals surface area contributed by atoms with Crippen LogP contribution in [0.5, 0.6) is 0 Å². The summed E-state index contributed by atoms with van der Waals surface area (Å²) >= 11 is 6.02. The van der Waals surface area contributed by atoms with Gasteiger partial charge in [0.1, 0.15) is 5.60 Å². The molecule has 36 heavy (non-hydrogen) atoms. The average molecular weight is 532 g/mol. The molecule has 0 fully saturated rings. The number of hydrogen-bond acceptors (Lipinski definition) is 8. The molecule has 11 heteroatoms. The van der Waals surface area contributed by atoms with Crippen LogP contribution in [0.15, 0.2) is 45.8 Å². The number of halogens is 1. The van der Waals surface area contributed by atoms with Crippen molar-refractivity contribution < 1.29 is 27.3 Å². The summed E-state index contributed by atoms with van der Waals surface area (Å²) in [7, 11) is -3.53. The van der Waals surface area contributed by atoms with Crippen molar-refractivity contribution in [3.05, 3.63) is 47.0 Å². The summed E-state index contributed by atoms with van der Waals surface area (Å²) in [5.74, 6) is -0.0501. The third-order valence-electron chi connectivity index (χ3n) is 5.50. The van der Waals surface area contributed by atoms with E-state index >= 15 is 0 Å². The largest absolute Gasteiger partial charge is 0.460 e. The Balaban J connectivity index is 1.49. The zero-order chi connectivity index (χ0) is 26.3. The minimum Gasteiger partial charge on any atom is -0.460 e. The minimum absolute atomic E-state index is 0.0182. The van der Waals surface area contributed by atoms with E-state index in [9.17, 15) is 18.0 Å². The highest BCUT2D eigenvalue weighted by Gasteiger charge is 2.27. The van der Waals surface area contributed by atoms with Crippen molar-refractivity contribution in [2.24, 2.45) is 0 Å². The van der Waals surface area contributed by atoms with Gasteiger partial charge in [0, 0.05) is 36.0 Å². The molecule has 0 spiro atoms. The summed E-state index contributed by atoms with van der Waals surface area (Å²) in [6.07, 6.45) is 1.83. The third-order valence-corrected chi connectivity index (χ3v) is 7.08. The number of ether oxygens (including phenoxy) is 1. The molecule has 0 N–H and O–H groups in total. The van der Waals surface area contributed by atoms with E-state index < -0.39 is 21.4 Å². The van der Waals surface area contributed by atoms with E-state index in [1.807, 2.05) is 12.1 Å². The van der Waals surface area contributed by atoms with Crippen molar-refractivity contribution in [1.29, 1.82) is 0 Å². The Kier molecular flexibility index (Phi) is 6.94. The Hall–Kier alpha value is -3.24. The van der Waals surface area contributed by atoms with Gasteiger partial charge in [-0.15, -0.1) is 0 Å². The maximum Gasteiger partial charge on any atom is 0.306 e. The Morgan fingerprint density at radius 3 is 2.53 bits per heavy atom. The monoisotopic (exact) mass is 531 g/mol. The van der Waals surface area contributed by atoms with Gasteiger partial charge in [-0.05, 0) is 69.2 Å². The second-order valence-electron chi connectivity index (χ2n) is 9.57.